The highest BCUT2D eigenvalue weighted by Gasteiger charge is 2.20. The number of anilines is 2. The summed E-state index contributed by atoms with van der Waals surface area (Å²) >= 11 is 0. The van der Waals surface area contributed by atoms with Gasteiger partial charge in [-0.25, -0.2) is 14.4 Å². The quantitative estimate of drug-likeness (QED) is 0.641. The molecule has 0 aliphatic carbocycles. The van der Waals surface area contributed by atoms with E-state index in [0.29, 0.717) is 17.9 Å². The third-order valence-electron chi connectivity index (χ3n) is 3.25. The summed E-state index contributed by atoms with van der Waals surface area (Å²) in [4.78, 5) is 36.2. The van der Waals surface area contributed by atoms with Crippen molar-refractivity contribution in [1.82, 2.24) is 4.90 Å². The van der Waals surface area contributed by atoms with Gasteiger partial charge in [0.1, 0.15) is 5.70 Å². The Balaban J connectivity index is 2.26. The molecule has 0 aromatic heterocycles. The molecule has 0 fully saturated rings. The Morgan fingerprint density at radius 3 is 2.70 bits per heavy atom. The second-order valence-electron chi connectivity index (χ2n) is 4.86. The van der Waals surface area contributed by atoms with Gasteiger partial charge in [0.25, 0.3) is 0 Å². The average molecular weight is 319 g/mol. The Morgan fingerprint density at radius 2 is 2.04 bits per heavy atom. The molecule has 1 aromatic carbocycles. The van der Waals surface area contributed by atoms with E-state index >= 15 is 0 Å². The monoisotopic (exact) mass is 319 g/mol. The number of esters is 2. The summed E-state index contributed by atoms with van der Waals surface area (Å²) < 4.78 is 9.14. The Kier molecular flexibility index (Phi) is 4.85. The number of carbonyl (C=O) groups is 3. The Hall–Kier alpha value is -3.03. The fourth-order valence-electron chi connectivity index (χ4n) is 2.05. The van der Waals surface area contributed by atoms with Crippen molar-refractivity contribution in [3.63, 3.8) is 0 Å². The number of fused-ring (bicyclic) bond motifs is 1. The zero-order valence-electron chi connectivity index (χ0n) is 13.0. The van der Waals surface area contributed by atoms with Crippen LogP contribution in [0, 0.1) is 0 Å². The van der Waals surface area contributed by atoms with Crippen molar-refractivity contribution >= 4 is 29.3 Å². The molecule has 23 heavy (non-hydrogen) atoms. The molecule has 0 saturated carbocycles. The lowest BCUT2D eigenvalue weighted by Crippen LogP contribution is -2.35. The standard InChI is InChI=1S/C15H17N3O5/c1-18-8-9-6-10(4-5-11(9)17-15(18)21)16-12(14(20)23-3)7-13(19)22-2/h4-7,16H,8H2,1-3H3,(H,17,21)/b12-7+. The Bertz CT molecular complexity index is 684. The summed E-state index contributed by atoms with van der Waals surface area (Å²) in [6, 6.07) is 4.99. The average Bonchev–Trinajstić information content (AvgIpc) is 2.54. The topological polar surface area (TPSA) is 97.0 Å². The van der Waals surface area contributed by atoms with Crippen molar-refractivity contribution in [2.45, 2.75) is 6.54 Å². The number of nitrogens with zero attached hydrogens (tertiary/aromatic N) is 1. The molecule has 0 spiro atoms. The minimum absolute atomic E-state index is 0.0486. The van der Waals surface area contributed by atoms with Crippen LogP contribution in [-0.4, -0.2) is 44.1 Å². The van der Waals surface area contributed by atoms with E-state index in [4.69, 9.17) is 0 Å². The van der Waals surface area contributed by atoms with Crippen LogP contribution < -0.4 is 10.6 Å². The lowest BCUT2D eigenvalue weighted by molar-refractivity contribution is -0.138. The lowest BCUT2D eigenvalue weighted by Gasteiger charge is -2.26. The number of methoxy groups -OCH3 is 2. The van der Waals surface area contributed by atoms with Crippen LogP contribution in [0.15, 0.2) is 30.0 Å². The molecule has 1 aromatic rings. The second-order valence-corrected chi connectivity index (χ2v) is 4.86. The van der Waals surface area contributed by atoms with Crippen LogP contribution >= 0.6 is 0 Å². The minimum Gasteiger partial charge on any atom is -0.466 e. The zero-order chi connectivity index (χ0) is 17.0. The maximum Gasteiger partial charge on any atom is 0.354 e. The predicted octanol–water partition coefficient (Wildman–Crippen LogP) is 1.31. The summed E-state index contributed by atoms with van der Waals surface area (Å²) in [6.45, 7) is 0.435. The van der Waals surface area contributed by atoms with Crippen molar-refractivity contribution < 1.29 is 23.9 Å². The van der Waals surface area contributed by atoms with Gasteiger partial charge in [-0.15, -0.1) is 0 Å². The molecule has 2 N–H and O–H groups in total. The maximum absolute atomic E-state index is 11.7. The third kappa shape index (κ3) is 3.79. The lowest BCUT2D eigenvalue weighted by atomic mass is 10.1. The van der Waals surface area contributed by atoms with E-state index in [1.807, 2.05) is 0 Å². The number of carbonyl (C=O) groups excluding carboxylic acids is 3. The first-order chi connectivity index (χ1) is 10.9. The van der Waals surface area contributed by atoms with Gasteiger partial charge >= 0.3 is 18.0 Å². The zero-order valence-corrected chi connectivity index (χ0v) is 13.0. The van der Waals surface area contributed by atoms with Crippen LogP contribution in [0.25, 0.3) is 0 Å². The molecule has 1 aliphatic heterocycles. The molecule has 122 valence electrons. The van der Waals surface area contributed by atoms with E-state index in [-0.39, 0.29) is 11.7 Å². The first-order valence-corrected chi connectivity index (χ1v) is 6.74. The van der Waals surface area contributed by atoms with Crippen molar-refractivity contribution in [1.29, 1.82) is 0 Å². The van der Waals surface area contributed by atoms with Crippen LogP contribution in [0.2, 0.25) is 0 Å². The predicted molar refractivity (Wildman–Crippen MR) is 82.7 cm³/mol. The van der Waals surface area contributed by atoms with Crippen LogP contribution in [0.3, 0.4) is 0 Å². The molecular weight excluding hydrogens is 302 g/mol. The number of amides is 2. The molecule has 2 amide bonds. The van der Waals surface area contributed by atoms with Crippen LogP contribution in [0.4, 0.5) is 16.2 Å². The molecule has 0 saturated heterocycles. The first kappa shape index (κ1) is 16.3. The molecule has 2 rings (SSSR count). The normalized spacial score (nSPS) is 13.8. The van der Waals surface area contributed by atoms with Crippen LogP contribution in [-0.2, 0) is 25.6 Å². The molecule has 8 heteroatoms. The van der Waals surface area contributed by atoms with Gasteiger partial charge in [0.05, 0.1) is 20.3 Å². The van der Waals surface area contributed by atoms with Crippen molar-refractivity contribution in [3.05, 3.63) is 35.5 Å². The highest BCUT2D eigenvalue weighted by atomic mass is 16.5. The smallest absolute Gasteiger partial charge is 0.354 e. The number of nitrogens with one attached hydrogen (secondary N) is 2. The molecular formula is C15H17N3O5. The van der Waals surface area contributed by atoms with Gasteiger partial charge < -0.3 is 25.0 Å². The molecule has 0 unspecified atom stereocenters. The number of ether oxygens (including phenoxy) is 2. The van der Waals surface area contributed by atoms with E-state index in [0.717, 1.165) is 11.6 Å². The first-order valence-electron chi connectivity index (χ1n) is 6.74. The SMILES string of the molecule is COC(=O)/C=C(/Nc1ccc2c(c1)CN(C)C(=O)N2)C(=O)OC. The van der Waals surface area contributed by atoms with Gasteiger partial charge in [-0.3, -0.25) is 0 Å². The fraction of sp³-hybridized carbons (Fsp3) is 0.267. The van der Waals surface area contributed by atoms with Crippen LogP contribution in [0.1, 0.15) is 5.56 Å². The highest BCUT2D eigenvalue weighted by molar-refractivity contribution is 5.99. The van der Waals surface area contributed by atoms with Crippen molar-refractivity contribution in [2.75, 3.05) is 31.9 Å². The Morgan fingerprint density at radius 1 is 1.30 bits per heavy atom. The van der Waals surface area contributed by atoms with Gasteiger partial charge in [-0.1, -0.05) is 0 Å². The van der Waals surface area contributed by atoms with E-state index in [1.54, 1.807) is 25.2 Å². The number of rotatable bonds is 4. The van der Waals surface area contributed by atoms with E-state index in [1.165, 1.54) is 19.1 Å². The van der Waals surface area contributed by atoms with Crippen LogP contribution in [0.5, 0.6) is 0 Å². The molecule has 1 heterocycles. The highest BCUT2D eigenvalue weighted by Crippen LogP contribution is 2.26. The Labute approximate surface area is 133 Å². The summed E-state index contributed by atoms with van der Waals surface area (Å²) in [5, 5.41) is 5.57. The number of benzene rings is 1. The van der Waals surface area contributed by atoms with Crippen molar-refractivity contribution in [2.24, 2.45) is 0 Å². The minimum atomic E-state index is -0.696. The van der Waals surface area contributed by atoms with E-state index in [2.05, 4.69) is 20.1 Å². The summed E-state index contributed by atoms with van der Waals surface area (Å²) in [7, 11) is 4.10. The largest absolute Gasteiger partial charge is 0.466 e. The third-order valence-corrected chi connectivity index (χ3v) is 3.25. The van der Waals surface area contributed by atoms with Gasteiger partial charge in [0, 0.05) is 25.0 Å². The second kappa shape index (κ2) is 6.82. The summed E-state index contributed by atoms with van der Waals surface area (Å²) in [5.74, 6) is -1.37. The van der Waals surface area contributed by atoms with Gasteiger partial charge in [0.2, 0.25) is 0 Å². The van der Waals surface area contributed by atoms with E-state index in [9.17, 15) is 14.4 Å². The van der Waals surface area contributed by atoms with Crippen molar-refractivity contribution in [3.8, 4) is 0 Å². The molecule has 1 aliphatic rings. The fourth-order valence-corrected chi connectivity index (χ4v) is 2.05. The van der Waals surface area contributed by atoms with E-state index < -0.39 is 11.9 Å². The number of hydrogen-bond donors (Lipinski definition) is 2. The molecule has 0 atom stereocenters. The van der Waals surface area contributed by atoms with Gasteiger partial charge in [-0.05, 0) is 23.8 Å². The summed E-state index contributed by atoms with van der Waals surface area (Å²) in [6.07, 6.45) is 1.01. The van der Waals surface area contributed by atoms with Gasteiger partial charge in [0.15, 0.2) is 0 Å². The summed E-state index contributed by atoms with van der Waals surface area (Å²) in [5.41, 5.74) is 2.11. The molecule has 0 bridgehead atoms. The van der Waals surface area contributed by atoms with Gasteiger partial charge in [-0.2, -0.15) is 0 Å². The molecule has 8 nitrogen and oxygen atoms in total. The number of urea groups is 1. The molecule has 0 radical (unpaired) electrons. The maximum atomic E-state index is 11.7. The number of hydrogen-bond acceptors (Lipinski definition) is 6.